The molecule has 3 nitrogen and oxygen atoms in total. The zero-order valence-electron chi connectivity index (χ0n) is 16.1. The number of carboxylic acid groups (broad SMARTS) is 1. The van der Waals surface area contributed by atoms with E-state index in [9.17, 15) is 9.90 Å². The largest absolute Gasteiger partial charge is 0.481 e. The van der Waals surface area contributed by atoms with Crippen molar-refractivity contribution < 1.29 is 9.90 Å². The molecule has 2 heterocycles. The van der Waals surface area contributed by atoms with Crippen molar-refractivity contribution in [3.63, 3.8) is 0 Å². The molecule has 1 N–H and O–H groups in total. The summed E-state index contributed by atoms with van der Waals surface area (Å²) in [6.45, 7) is 6.66. The van der Waals surface area contributed by atoms with Crippen LogP contribution < -0.4 is 0 Å². The van der Waals surface area contributed by atoms with Gasteiger partial charge >= 0.3 is 5.97 Å². The fraction of sp³-hybridized carbons (Fsp3) is 0.500. The molecule has 0 saturated heterocycles. The lowest BCUT2D eigenvalue weighted by Gasteiger charge is -2.31. The van der Waals surface area contributed by atoms with Gasteiger partial charge in [0.25, 0.3) is 0 Å². The molecule has 1 unspecified atom stereocenters. The number of halogens is 1. The normalized spacial score (nSPS) is 16.1. The van der Waals surface area contributed by atoms with Crippen LogP contribution >= 0.6 is 22.9 Å². The maximum atomic E-state index is 11.4. The average molecular weight is 406 g/mol. The van der Waals surface area contributed by atoms with Gasteiger partial charge in [0.1, 0.15) is 0 Å². The summed E-state index contributed by atoms with van der Waals surface area (Å²) in [5.41, 5.74) is 1.96. The molecular formula is C22H28ClNO2S. The third-order valence-electron chi connectivity index (χ3n) is 5.64. The van der Waals surface area contributed by atoms with Crippen molar-refractivity contribution in [1.82, 2.24) is 4.90 Å². The Morgan fingerprint density at radius 3 is 2.85 bits per heavy atom. The molecule has 0 aliphatic carbocycles. The molecule has 1 aromatic carbocycles. The van der Waals surface area contributed by atoms with Crippen molar-refractivity contribution >= 4 is 28.9 Å². The summed E-state index contributed by atoms with van der Waals surface area (Å²) >= 11 is 8.37. The molecule has 27 heavy (non-hydrogen) atoms. The summed E-state index contributed by atoms with van der Waals surface area (Å²) in [4.78, 5) is 15.4. The minimum atomic E-state index is -0.724. The summed E-state index contributed by atoms with van der Waals surface area (Å²) in [6.07, 6.45) is 3.63. The van der Waals surface area contributed by atoms with Crippen LogP contribution in [0, 0.1) is 5.41 Å². The Kier molecular flexibility index (Phi) is 6.61. The van der Waals surface area contributed by atoms with Crippen LogP contribution in [0.3, 0.4) is 0 Å². The first-order valence-corrected chi connectivity index (χ1v) is 10.9. The SMILES string of the molecule is CC(C)(CCCC(CN1CCc2sccc2C1)c1ccccc1Cl)C(=O)O. The van der Waals surface area contributed by atoms with E-state index in [4.69, 9.17) is 11.6 Å². The maximum absolute atomic E-state index is 11.4. The van der Waals surface area contributed by atoms with Crippen LogP contribution in [0.15, 0.2) is 35.7 Å². The van der Waals surface area contributed by atoms with Crippen LogP contribution in [-0.4, -0.2) is 29.1 Å². The number of fused-ring (bicyclic) bond motifs is 1. The lowest BCUT2D eigenvalue weighted by atomic mass is 9.84. The molecule has 1 atom stereocenters. The topological polar surface area (TPSA) is 40.5 Å². The molecule has 5 heteroatoms. The number of rotatable bonds is 8. The van der Waals surface area contributed by atoms with E-state index in [-0.39, 0.29) is 0 Å². The predicted octanol–water partition coefficient (Wildman–Crippen LogP) is 5.82. The second-order valence-corrected chi connectivity index (χ2v) is 9.56. The molecule has 0 amide bonds. The van der Waals surface area contributed by atoms with Gasteiger partial charge in [-0.1, -0.05) is 36.2 Å². The lowest BCUT2D eigenvalue weighted by molar-refractivity contribution is -0.147. The van der Waals surface area contributed by atoms with Crippen LogP contribution in [0.5, 0.6) is 0 Å². The van der Waals surface area contributed by atoms with E-state index in [1.54, 1.807) is 0 Å². The molecular weight excluding hydrogens is 378 g/mol. The van der Waals surface area contributed by atoms with Crippen LogP contribution in [0.1, 0.15) is 55.0 Å². The zero-order chi connectivity index (χ0) is 19.4. The summed E-state index contributed by atoms with van der Waals surface area (Å²) in [5, 5.41) is 12.4. The van der Waals surface area contributed by atoms with Crippen LogP contribution in [0.25, 0.3) is 0 Å². The Morgan fingerprint density at radius 2 is 2.11 bits per heavy atom. The van der Waals surface area contributed by atoms with Crippen molar-refractivity contribution in [2.24, 2.45) is 5.41 Å². The molecule has 0 bridgehead atoms. The van der Waals surface area contributed by atoms with Crippen molar-refractivity contribution in [1.29, 1.82) is 0 Å². The number of carboxylic acids is 1. The summed E-state index contributed by atoms with van der Waals surface area (Å²) in [5.74, 6) is -0.402. The fourth-order valence-electron chi connectivity index (χ4n) is 3.82. The Balaban J connectivity index is 1.69. The zero-order valence-corrected chi connectivity index (χ0v) is 17.7. The number of hydrogen-bond acceptors (Lipinski definition) is 3. The van der Waals surface area contributed by atoms with Gasteiger partial charge in [-0.25, -0.2) is 0 Å². The highest BCUT2D eigenvalue weighted by atomic mass is 35.5. The van der Waals surface area contributed by atoms with Gasteiger partial charge in [-0.05, 0) is 67.7 Å². The minimum absolute atomic E-state index is 0.323. The first-order valence-electron chi connectivity index (χ1n) is 9.62. The van der Waals surface area contributed by atoms with Gasteiger partial charge in [0.2, 0.25) is 0 Å². The summed E-state index contributed by atoms with van der Waals surface area (Å²) in [6, 6.07) is 10.3. The smallest absolute Gasteiger partial charge is 0.309 e. The summed E-state index contributed by atoms with van der Waals surface area (Å²) in [7, 11) is 0. The Hall–Kier alpha value is -1.36. The van der Waals surface area contributed by atoms with E-state index in [0.717, 1.165) is 43.9 Å². The van der Waals surface area contributed by atoms with Gasteiger partial charge in [-0.15, -0.1) is 11.3 Å². The van der Waals surface area contributed by atoms with Crippen LogP contribution in [-0.2, 0) is 17.8 Å². The molecule has 1 aliphatic rings. The van der Waals surface area contributed by atoms with Crippen LogP contribution in [0.2, 0.25) is 5.02 Å². The summed E-state index contributed by atoms with van der Waals surface area (Å²) < 4.78 is 0. The van der Waals surface area contributed by atoms with E-state index in [1.807, 2.05) is 43.4 Å². The van der Waals surface area contributed by atoms with Gasteiger partial charge in [-0.3, -0.25) is 9.69 Å². The van der Waals surface area contributed by atoms with Gasteiger partial charge in [0.15, 0.2) is 0 Å². The van der Waals surface area contributed by atoms with E-state index < -0.39 is 11.4 Å². The maximum Gasteiger partial charge on any atom is 0.309 e. The van der Waals surface area contributed by atoms with E-state index in [2.05, 4.69) is 22.4 Å². The van der Waals surface area contributed by atoms with Crippen molar-refractivity contribution in [2.45, 2.75) is 52.0 Å². The van der Waals surface area contributed by atoms with Gasteiger partial charge in [0.05, 0.1) is 5.41 Å². The van der Waals surface area contributed by atoms with E-state index in [1.165, 1.54) is 16.0 Å². The molecule has 0 spiro atoms. The number of thiophene rings is 1. The third-order valence-corrected chi connectivity index (χ3v) is 7.01. The highest BCUT2D eigenvalue weighted by Gasteiger charge is 2.28. The second kappa shape index (κ2) is 8.76. The standard InChI is InChI=1S/C22H28ClNO2S/c1-22(2,21(25)26)11-5-6-16(18-7-3-4-8-19(18)23)14-24-12-9-20-17(15-24)10-13-27-20/h3-4,7-8,10,13,16H,5-6,9,11-12,14-15H2,1-2H3,(H,25,26). The van der Waals surface area contributed by atoms with Crippen molar-refractivity contribution in [3.8, 4) is 0 Å². The number of carbonyl (C=O) groups is 1. The fourth-order valence-corrected chi connectivity index (χ4v) is 5.00. The molecule has 1 aliphatic heterocycles. The number of hydrogen-bond donors (Lipinski definition) is 1. The Bertz CT molecular complexity index is 786. The monoisotopic (exact) mass is 405 g/mol. The molecule has 0 radical (unpaired) electrons. The van der Waals surface area contributed by atoms with Gasteiger partial charge < -0.3 is 5.11 Å². The van der Waals surface area contributed by atoms with E-state index >= 15 is 0 Å². The molecule has 2 aromatic rings. The second-order valence-electron chi connectivity index (χ2n) is 8.15. The number of aliphatic carboxylic acids is 1. The third kappa shape index (κ3) is 5.13. The van der Waals surface area contributed by atoms with E-state index in [0.29, 0.717) is 12.3 Å². The Morgan fingerprint density at radius 1 is 1.33 bits per heavy atom. The van der Waals surface area contributed by atoms with Gasteiger partial charge in [0, 0.05) is 29.5 Å². The van der Waals surface area contributed by atoms with Crippen molar-refractivity contribution in [3.05, 3.63) is 56.7 Å². The minimum Gasteiger partial charge on any atom is -0.481 e. The van der Waals surface area contributed by atoms with Crippen molar-refractivity contribution in [2.75, 3.05) is 13.1 Å². The Labute approximate surface area is 171 Å². The molecule has 0 fully saturated rings. The highest BCUT2D eigenvalue weighted by Crippen LogP contribution is 2.33. The number of nitrogens with zero attached hydrogens (tertiary/aromatic N) is 1. The number of benzene rings is 1. The van der Waals surface area contributed by atoms with Crippen LogP contribution in [0.4, 0.5) is 0 Å². The molecule has 146 valence electrons. The van der Waals surface area contributed by atoms with Gasteiger partial charge in [-0.2, -0.15) is 0 Å². The quantitative estimate of drug-likeness (QED) is 0.601. The highest BCUT2D eigenvalue weighted by molar-refractivity contribution is 7.10. The molecule has 0 saturated carbocycles. The molecule has 3 rings (SSSR count). The first-order chi connectivity index (χ1) is 12.9. The lowest BCUT2D eigenvalue weighted by Crippen LogP contribution is -2.33. The first kappa shape index (κ1) is 20.4. The molecule has 1 aromatic heterocycles. The predicted molar refractivity (Wildman–Crippen MR) is 113 cm³/mol. The average Bonchev–Trinajstić information content (AvgIpc) is 3.09.